The van der Waals surface area contributed by atoms with Gasteiger partial charge in [-0.3, -0.25) is 4.79 Å². The van der Waals surface area contributed by atoms with Gasteiger partial charge >= 0.3 is 11.7 Å². The minimum absolute atomic E-state index is 0.00248. The molecule has 3 aromatic rings. The molecule has 2 N–H and O–H groups in total. The fourth-order valence-corrected chi connectivity index (χ4v) is 3.83. The van der Waals surface area contributed by atoms with Crippen LogP contribution in [0.25, 0.3) is 11.0 Å². The number of carbonyl (C=O) groups is 2. The topological polar surface area (TPSA) is 101 Å². The number of carbonyl (C=O) groups excluding carboxylic acids is 2. The van der Waals surface area contributed by atoms with Crippen LogP contribution in [0.3, 0.4) is 0 Å². The largest absolute Gasteiger partial charge is 0.495 e. The third-order valence-electron chi connectivity index (χ3n) is 5.69. The zero-order chi connectivity index (χ0) is 22.5. The third-order valence-corrected chi connectivity index (χ3v) is 5.69. The van der Waals surface area contributed by atoms with Crippen molar-refractivity contribution in [2.75, 3.05) is 32.1 Å². The van der Waals surface area contributed by atoms with E-state index in [0.717, 1.165) is 12.8 Å². The Hall–Kier alpha value is -3.81. The zero-order valence-corrected chi connectivity index (χ0v) is 17.8. The summed E-state index contributed by atoms with van der Waals surface area (Å²) in [6.07, 6.45) is 1.51. The van der Waals surface area contributed by atoms with E-state index in [-0.39, 0.29) is 17.5 Å². The Morgan fingerprint density at radius 1 is 1.09 bits per heavy atom. The highest BCUT2D eigenvalue weighted by molar-refractivity contribution is 5.96. The number of para-hydroxylation sites is 3. The maximum atomic E-state index is 12.6. The average Bonchev–Trinajstić information content (AvgIpc) is 2.82. The van der Waals surface area contributed by atoms with Crippen LogP contribution in [-0.2, 0) is 0 Å². The smallest absolute Gasteiger partial charge is 0.349 e. The van der Waals surface area contributed by atoms with Crippen molar-refractivity contribution in [1.82, 2.24) is 10.2 Å². The zero-order valence-electron chi connectivity index (χ0n) is 17.8. The predicted octanol–water partition coefficient (Wildman–Crippen LogP) is 3.48. The van der Waals surface area contributed by atoms with Gasteiger partial charge in [-0.1, -0.05) is 30.3 Å². The number of nitrogens with zero attached hydrogens (tertiary/aromatic N) is 1. The SMILES string of the molecule is COc1ccccc1NC(=O)N1CCC(CNC(=O)c2cc3ccccc3oc2=O)CC1. The van der Waals surface area contributed by atoms with Crippen molar-refractivity contribution in [2.45, 2.75) is 12.8 Å². The average molecular weight is 435 g/mol. The van der Waals surface area contributed by atoms with Crippen LogP contribution in [0, 0.1) is 5.92 Å². The molecule has 0 radical (unpaired) electrons. The monoisotopic (exact) mass is 435 g/mol. The summed E-state index contributed by atoms with van der Waals surface area (Å²) < 4.78 is 10.5. The van der Waals surface area contributed by atoms with Crippen molar-refractivity contribution in [2.24, 2.45) is 5.92 Å². The van der Waals surface area contributed by atoms with Crippen LogP contribution in [0.4, 0.5) is 10.5 Å². The van der Waals surface area contributed by atoms with Crippen molar-refractivity contribution in [1.29, 1.82) is 0 Å². The van der Waals surface area contributed by atoms with Crippen LogP contribution in [0.2, 0.25) is 0 Å². The van der Waals surface area contributed by atoms with Gasteiger partial charge in [0, 0.05) is 25.0 Å². The summed E-state index contributed by atoms with van der Waals surface area (Å²) in [6, 6.07) is 15.7. The Morgan fingerprint density at radius 2 is 1.81 bits per heavy atom. The Kier molecular flexibility index (Phi) is 6.39. The van der Waals surface area contributed by atoms with Gasteiger partial charge in [0.25, 0.3) is 5.91 Å². The first-order valence-corrected chi connectivity index (χ1v) is 10.5. The van der Waals surface area contributed by atoms with Crippen molar-refractivity contribution >= 4 is 28.6 Å². The molecular weight excluding hydrogens is 410 g/mol. The van der Waals surface area contributed by atoms with Crippen molar-refractivity contribution in [3.63, 3.8) is 0 Å². The van der Waals surface area contributed by atoms with Gasteiger partial charge in [-0.25, -0.2) is 9.59 Å². The number of nitrogens with one attached hydrogen (secondary N) is 2. The standard InChI is InChI=1S/C24H25N3O5/c1-31-21-9-5-3-7-19(21)26-24(30)27-12-10-16(11-13-27)15-25-22(28)18-14-17-6-2-4-8-20(17)32-23(18)29/h2-9,14,16H,10-13,15H2,1H3,(H,25,28)(H,26,30). The highest BCUT2D eigenvalue weighted by Crippen LogP contribution is 2.24. The van der Waals surface area contributed by atoms with Crippen LogP contribution < -0.4 is 21.0 Å². The number of likely N-dealkylation sites (tertiary alicyclic amines) is 1. The molecule has 4 rings (SSSR count). The van der Waals surface area contributed by atoms with E-state index in [9.17, 15) is 14.4 Å². The van der Waals surface area contributed by atoms with Gasteiger partial charge in [-0.15, -0.1) is 0 Å². The molecule has 32 heavy (non-hydrogen) atoms. The molecule has 1 saturated heterocycles. The third kappa shape index (κ3) is 4.74. The Morgan fingerprint density at radius 3 is 2.59 bits per heavy atom. The van der Waals surface area contributed by atoms with Crippen LogP contribution in [0.15, 0.2) is 63.8 Å². The van der Waals surface area contributed by atoms with Crippen LogP contribution in [0.1, 0.15) is 23.2 Å². The Bertz CT molecular complexity index is 1180. The number of benzene rings is 2. The summed E-state index contributed by atoms with van der Waals surface area (Å²) in [7, 11) is 1.56. The van der Waals surface area contributed by atoms with E-state index in [1.54, 1.807) is 48.4 Å². The van der Waals surface area contributed by atoms with Gasteiger partial charge in [0.2, 0.25) is 0 Å². The van der Waals surface area contributed by atoms with E-state index >= 15 is 0 Å². The number of hydrogen-bond donors (Lipinski definition) is 2. The van der Waals surface area contributed by atoms with Gasteiger partial charge in [0.1, 0.15) is 16.9 Å². The molecule has 0 unspecified atom stereocenters. The minimum atomic E-state index is -0.649. The number of hydrogen-bond acceptors (Lipinski definition) is 5. The molecule has 2 aromatic carbocycles. The second-order valence-electron chi connectivity index (χ2n) is 7.76. The first kappa shape index (κ1) is 21.4. The molecule has 1 fully saturated rings. The summed E-state index contributed by atoms with van der Waals surface area (Å²) in [6.45, 7) is 1.60. The lowest BCUT2D eigenvalue weighted by Crippen LogP contribution is -2.43. The van der Waals surface area contributed by atoms with E-state index in [2.05, 4.69) is 10.6 Å². The first-order valence-electron chi connectivity index (χ1n) is 10.5. The quantitative estimate of drug-likeness (QED) is 0.598. The van der Waals surface area contributed by atoms with Crippen molar-refractivity contribution in [3.05, 3.63) is 70.6 Å². The van der Waals surface area contributed by atoms with Gasteiger partial charge in [-0.2, -0.15) is 0 Å². The number of ether oxygens (including phenoxy) is 1. The number of urea groups is 1. The van der Waals surface area contributed by atoms with Gasteiger partial charge in [-0.05, 0) is 43.0 Å². The number of methoxy groups -OCH3 is 1. The Labute approximate surface area is 185 Å². The molecule has 0 aliphatic carbocycles. The van der Waals surface area contributed by atoms with E-state index in [1.165, 1.54) is 0 Å². The summed E-state index contributed by atoms with van der Waals surface area (Å²) >= 11 is 0. The number of rotatable bonds is 5. The molecule has 8 nitrogen and oxygen atoms in total. The molecular formula is C24H25N3O5. The summed E-state index contributed by atoms with van der Waals surface area (Å²) in [5, 5.41) is 6.42. The highest BCUT2D eigenvalue weighted by Gasteiger charge is 2.24. The van der Waals surface area contributed by atoms with Gasteiger partial charge in [0.15, 0.2) is 0 Å². The molecule has 0 saturated carbocycles. The minimum Gasteiger partial charge on any atom is -0.495 e. The summed E-state index contributed by atoms with van der Waals surface area (Å²) in [4.78, 5) is 39.0. The Balaban J connectivity index is 1.29. The normalized spacial score (nSPS) is 14.2. The van der Waals surface area contributed by atoms with Gasteiger partial charge in [0.05, 0.1) is 12.8 Å². The van der Waals surface area contributed by atoms with E-state index in [0.29, 0.717) is 42.0 Å². The molecule has 1 aliphatic heterocycles. The lowest BCUT2D eigenvalue weighted by Gasteiger charge is -2.32. The molecule has 2 heterocycles. The summed E-state index contributed by atoms with van der Waals surface area (Å²) in [5.74, 6) is 0.388. The molecule has 0 bridgehead atoms. The number of fused-ring (bicyclic) bond motifs is 1. The molecule has 1 aromatic heterocycles. The molecule has 166 valence electrons. The maximum Gasteiger partial charge on any atom is 0.349 e. The van der Waals surface area contributed by atoms with Crippen molar-refractivity contribution < 1.29 is 18.7 Å². The maximum absolute atomic E-state index is 12.6. The number of anilines is 1. The number of piperidine rings is 1. The van der Waals surface area contributed by atoms with Crippen molar-refractivity contribution in [3.8, 4) is 5.75 Å². The molecule has 3 amide bonds. The summed E-state index contributed by atoms with van der Waals surface area (Å²) in [5.41, 5.74) is 0.428. The molecule has 1 aliphatic rings. The second-order valence-corrected chi connectivity index (χ2v) is 7.76. The van der Waals surface area contributed by atoms with Gasteiger partial charge < -0.3 is 24.7 Å². The van der Waals surface area contributed by atoms with E-state index in [4.69, 9.17) is 9.15 Å². The van der Waals surface area contributed by atoms with Crippen LogP contribution in [0.5, 0.6) is 5.75 Å². The van der Waals surface area contributed by atoms with E-state index < -0.39 is 11.5 Å². The molecule has 8 heteroatoms. The first-order chi connectivity index (χ1) is 15.5. The van der Waals surface area contributed by atoms with Crippen LogP contribution >= 0.6 is 0 Å². The molecule has 0 atom stereocenters. The van der Waals surface area contributed by atoms with Crippen LogP contribution in [-0.4, -0.2) is 43.6 Å². The van der Waals surface area contributed by atoms with E-state index in [1.807, 2.05) is 18.2 Å². The highest BCUT2D eigenvalue weighted by atomic mass is 16.5. The lowest BCUT2D eigenvalue weighted by atomic mass is 9.97. The fourth-order valence-electron chi connectivity index (χ4n) is 3.83. The second kappa shape index (κ2) is 9.55. The molecule has 0 spiro atoms. The fraction of sp³-hybridized carbons (Fsp3) is 0.292. The lowest BCUT2D eigenvalue weighted by molar-refractivity contribution is 0.0935. The number of amides is 3. The predicted molar refractivity (Wildman–Crippen MR) is 121 cm³/mol.